The average Bonchev–Trinajstić information content (AvgIpc) is 3.04. The number of hydrogen-bond donors (Lipinski definition) is 1. The maximum atomic E-state index is 11.8. The molecule has 0 spiro atoms. The van der Waals surface area contributed by atoms with E-state index in [0.29, 0.717) is 17.2 Å². The molecule has 1 aromatic carbocycles. The second-order valence-electron chi connectivity index (χ2n) is 8.13. The van der Waals surface area contributed by atoms with Gasteiger partial charge in [-0.05, 0) is 42.9 Å². The Morgan fingerprint density at radius 1 is 1.17 bits per heavy atom. The minimum absolute atomic E-state index is 0.239. The van der Waals surface area contributed by atoms with Gasteiger partial charge in [0, 0.05) is 38.8 Å². The quantitative estimate of drug-likeness (QED) is 0.695. The van der Waals surface area contributed by atoms with Crippen molar-refractivity contribution in [3.05, 3.63) is 48.0 Å². The van der Waals surface area contributed by atoms with Crippen molar-refractivity contribution in [3.63, 3.8) is 0 Å². The molecule has 1 aliphatic rings. The topological polar surface area (TPSA) is 69.0 Å². The van der Waals surface area contributed by atoms with Gasteiger partial charge in [-0.2, -0.15) is 0 Å². The van der Waals surface area contributed by atoms with E-state index >= 15 is 0 Å². The summed E-state index contributed by atoms with van der Waals surface area (Å²) in [7, 11) is 3.67. The Kier molecular flexibility index (Phi) is 5.51. The molecular weight excluding hydrogens is 364 g/mol. The fourth-order valence-electron chi connectivity index (χ4n) is 4.13. The number of pyridine rings is 1. The van der Waals surface area contributed by atoms with Crippen molar-refractivity contribution in [2.75, 3.05) is 7.05 Å². The van der Waals surface area contributed by atoms with Crippen LogP contribution in [0.3, 0.4) is 0 Å². The highest BCUT2D eigenvalue weighted by molar-refractivity contribution is 5.92. The molecule has 152 valence electrons. The van der Waals surface area contributed by atoms with Gasteiger partial charge < -0.3 is 14.6 Å². The minimum Gasteiger partial charge on any atom is -0.457 e. The molecule has 29 heavy (non-hydrogen) atoms. The van der Waals surface area contributed by atoms with E-state index in [-0.39, 0.29) is 5.91 Å². The largest absolute Gasteiger partial charge is 0.457 e. The number of amides is 1. The standard InChI is InChI=1S/C23H28N4O2/c1-15-4-6-16(7-5-15)12-22-26-19-13-17(8-9-21(19)27(22)3)29-18-10-11-25-20(14-18)23(28)24-2/h8-11,13-16H,4-7,12H2,1-3H3,(H,24,28). The summed E-state index contributed by atoms with van der Waals surface area (Å²) < 4.78 is 8.17. The van der Waals surface area contributed by atoms with Crippen molar-refractivity contribution < 1.29 is 9.53 Å². The van der Waals surface area contributed by atoms with Gasteiger partial charge in [-0.15, -0.1) is 0 Å². The molecule has 0 radical (unpaired) electrons. The van der Waals surface area contributed by atoms with E-state index in [1.54, 1.807) is 25.4 Å². The van der Waals surface area contributed by atoms with Gasteiger partial charge in [-0.3, -0.25) is 9.78 Å². The van der Waals surface area contributed by atoms with Crippen LogP contribution in [-0.2, 0) is 13.5 Å². The van der Waals surface area contributed by atoms with Gasteiger partial charge >= 0.3 is 0 Å². The number of aryl methyl sites for hydroxylation is 1. The first kappa shape index (κ1) is 19.4. The third kappa shape index (κ3) is 4.26. The summed E-state index contributed by atoms with van der Waals surface area (Å²) in [6.45, 7) is 2.35. The van der Waals surface area contributed by atoms with E-state index in [9.17, 15) is 4.79 Å². The molecule has 6 heteroatoms. The summed E-state index contributed by atoms with van der Waals surface area (Å²) in [5.41, 5.74) is 2.37. The Morgan fingerprint density at radius 3 is 2.69 bits per heavy atom. The fourth-order valence-corrected chi connectivity index (χ4v) is 4.13. The van der Waals surface area contributed by atoms with Crippen LogP contribution in [0.25, 0.3) is 11.0 Å². The Labute approximate surface area is 171 Å². The third-order valence-corrected chi connectivity index (χ3v) is 5.98. The molecule has 1 amide bonds. The van der Waals surface area contributed by atoms with Crippen molar-refractivity contribution in [2.45, 2.75) is 39.0 Å². The molecule has 1 N–H and O–H groups in total. The highest BCUT2D eigenvalue weighted by atomic mass is 16.5. The number of carbonyl (C=O) groups excluding carboxylic acids is 1. The summed E-state index contributed by atoms with van der Waals surface area (Å²) in [6.07, 6.45) is 7.87. The number of nitrogens with one attached hydrogen (secondary N) is 1. The van der Waals surface area contributed by atoms with Gasteiger partial charge in [0.1, 0.15) is 23.0 Å². The smallest absolute Gasteiger partial charge is 0.269 e. The summed E-state index contributed by atoms with van der Waals surface area (Å²) in [5, 5.41) is 2.57. The second-order valence-corrected chi connectivity index (χ2v) is 8.13. The highest BCUT2D eigenvalue weighted by Crippen LogP contribution is 2.32. The van der Waals surface area contributed by atoms with Crippen molar-refractivity contribution in [1.29, 1.82) is 0 Å². The second kappa shape index (κ2) is 8.23. The predicted octanol–water partition coefficient (Wildman–Crippen LogP) is 4.49. The van der Waals surface area contributed by atoms with Gasteiger partial charge in [-0.1, -0.05) is 19.8 Å². The van der Waals surface area contributed by atoms with Gasteiger partial charge in [0.05, 0.1) is 11.0 Å². The molecule has 2 heterocycles. The van der Waals surface area contributed by atoms with Crippen LogP contribution in [0.4, 0.5) is 0 Å². The fraction of sp³-hybridized carbons (Fsp3) is 0.435. The molecule has 0 atom stereocenters. The molecule has 0 unspecified atom stereocenters. The molecule has 1 saturated carbocycles. The molecule has 0 bridgehead atoms. The molecule has 0 aliphatic heterocycles. The van der Waals surface area contributed by atoms with E-state index < -0.39 is 0 Å². The number of ether oxygens (including phenoxy) is 1. The van der Waals surface area contributed by atoms with Crippen LogP contribution in [0.5, 0.6) is 11.5 Å². The summed E-state index contributed by atoms with van der Waals surface area (Å²) >= 11 is 0. The number of hydrogen-bond acceptors (Lipinski definition) is 4. The van der Waals surface area contributed by atoms with Crippen molar-refractivity contribution >= 4 is 16.9 Å². The Morgan fingerprint density at radius 2 is 1.93 bits per heavy atom. The van der Waals surface area contributed by atoms with Crippen LogP contribution in [0.2, 0.25) is 0 Å². The van der Waals surface area contributed by atoms with Crippen molar-refractivity contribution in [3.8, 4) is 11.5 Å². The first-order valence-electron chi connectivity index (χ1n) is 10.3. The normalized spacial score (nSPS) is 19.3. The first-order valence-corrected chi connectivity index (χ1v) is 10.3. The first-order chi connectivity index (χ1) is 14.0. The molecule has 0 saturated heterocycles. The van der Waals surface area contributed by atoms with E-state index in [4.69, 9.17) is 9.72 Å². The summed E-state index contributed by atoms with van der Waals surface area (Å²) in [4.78, 5) is 20.7. The molecule has 2 aromatic heterocycles. The SMILES string of the molecule is CNC(=O)c1cc(Oc2ccc3c(c2)nc(CC2CCC(C)CC2)n3C)ccn1. The van der Waals surface area contributed by atoms with Gasteiger partial charge in [0.15, 0.2) is 0 Å². The van der Waals surface area contributed by atoms with E-state index in [1.165, 1.54) is 25.7 Å². The van der Waals surface area contributed by atoms with Gasteiger partial charge in [0.2, 0.25) is 0 Å². The zero-order chi connectivity index (χ0) is 20.4. The van der Waals surface area contributed by atoms with Crippen molar-refractivity contribution in [2.24, 2.45) is 18.9 Å². The summed E-state index contributed by atoms with van der Waals surface area (Å²) in [6, 6.07) is 9.32. The number of fused-ring (bicyclic) bond motifs is 1. The van der Waals surface area contributed by atoms with Gasteiger partial charge in [-0.25, -0.2) is 4.98 Å². The average molecular weight is 393 g/mol. The predicted molar refractivity (Wildman–Crippen MR) is 113 cm³/mol. The zero-order valence-corrected chi connectivity index (χ0v) is 17.3. The minimum atomic E-state index is -0.239. The molecule has 6 nitrogen and oxygen atoms in total. The van der Waals surface area contributed by atoms with Crippen LogP contribution in [0.15, 0.2) is 36.5 Å². The molecular formula is C23H28N4O2. The third-order valence-electron chi connectivity index (χ3n) is 5.98. The van der Waals surface area contributed by atoms with Crippen LogP contribution in [0.1, 0.15) is 48.9 Å². The number of carbonyl (C=O) groups is 1. The lowest BCUT2D eigenvalue weighted by molar-refractivity contribution is 0.0958. The lowest BCUT2D eigenvalue weighted by Gasteiger charge is -2.25. The lowest BCUT2D eigenvalue weighted by Crippen LogP contribution is -2.18. The van der Waals surface area contributed by atoms with Crippen LogP contribution in [-0.4, -0.2) is 27.5 Å². The summed E-state index contributed by atoms with van der Waals surface area (Å²) in [5.74, 6) is 3.77. The highest BCUT2D eigenvalue weighted by Gasteiger charge is 2.21. The maximum absolute atomic E-state index is 11.8. The number of aromatic nitrogens is 3. The lowest BCUT2D eigenvalue weighted by atomic mass is 9.81. The van der Waals surface area contributed by atoms with Gasteiger partial charge in [0.25, 0.3) is 5.91 Å². The van der Waals surface area contributed by atoms with Crippen LogP contribution < -0.4 is 10.1 Å². The monoisotopic (exact) mass is 392 g/mol. The molecule has 1 fully saturated rings. The Hall–Kier alpha value is -2.89. The molecule has 4 rings (SSSR count). The zero-order valence-electron chi connectivity index (χ0n) is 17.3. The molecule has 3 aromatic rings. The molecule has 1 aliphatic carbocycles. The van der Waals surface area contributed by atoms with E-state index in [0.717, 1.165) is 35.1 Å². The van der Waals surface area contributed by atoms with Crippen molar-refractivity contribution in [1.82, 2.24) is 19.9 Å². The number of benzene rings is 1. The van der Waals surface area contributed by atoms with E-state index in [2.05, 4.69) is 28.8 Å². The Balaban J connectivity index is 1.53. The maximum Gasteiger partial charge on any atom is 0.269 e. The van der Waals surface area contributed by atoms with E-state index in [1.807, 2.05) is 18.2 Å². The number of rotatable bonds is 5. The Bertz CT molecular complexity index is 1020. The van der Waals surface area contributed by atoms with Crippen LogP contribution >= 0.6 is 0 Å². The number of imidazole rings is 1. The number of nitrogens with zero attached hydrogens (tertiary/aromatic N) is 3. The van der Waals surface area contributed by atoms with Crippen LogP contribution in [0, 0.1) is 11.8 Å².